The van der Waals surface area contributed by atoms with Crippen molar-refractivity contribution in [2.75, 3.05) is 5.75 Å². The van der Waals surface area contributed by atoms with Crippen molar-refractivity contribution >= 4 is 39.9 Å². The van der Waals surface area contributed by atoms with Crippen molar-refractivity contribution in [1.82, 2.24) is 9.97 Å². The van der Waals surface area contributed by atoms with Gasteiger partial charge in [-0.15, -0.1) is 0 Å². The first-order valence-corrected chi connectivity index (χ1v) is 8.56. The zero-order valence-electron chi connectivity index (χ0n) is 11.0. The molecule has 1 saturated heterocycles. The summed E-state index contributed by atoms with van der Waals surface area (Å²) < 4.78 is 1.62. The van der Waals surface area contributed by atoms with Crippen molar-refractivity contribution in [2.24, 2.45) is 0 Å². The van der Waals surface area contributed by atoms with Crippen LogP contribution in [-0.4, -0.2) is 15.7 Å². The Morgan fingerprint density at radius 1 is 1.39 bits per heavy atom. The molecular weight excluding hydrogens is 328 g/mol. The first-order chi connectivity index (χ1) is 8.39. The third kappa shape index (κ3) is 3.17. The number of H-pyrrole nitrogens is 1. The molecular formula is C13H19BrN2S2. The minimum atomic E-state index is 0.0451. The van der Waals surface area contributed by atoms with Crippen LogP contribution in [0.4, 0.5) is 0 Å². The zero-order chi connectivity index (χ0) is 13.3. The summed E-state index contributed by atoms with van der Waals surface area (Å²) in [5.41, 5.74) is 1.20. The van der Waals surface area contributed by atoms with E-state index in [1.165, 1.54) is 25.0 Å². The monoisotopic (exact) mass is 346 g/mol. The molecule has 18 heavy (non-hydrogen) atoms. The Morgan fingerprint density at radius 2 is 2.11 bits per heavy atom. The number of aromatic amines is 1. The lowest BCUT2D eigenvalue weighted by molar-refractivity contribution is 0.552. The van der Waals surface area contributed by atoms with Gasteiger partial charge in [0.2, 0.25) is 0 Å². The summed E-state index contributed by atoms with van der Waals surface area (Å²) >= 11 is 10.9. The van der Waals surface area contributed by atoms with Gasteiger partial charge < -0.3 is 4.98 Å². The minimum absolute atomic E-state index is 0.0451. The minimum Gasteiger partial charge on any atom is -0.345 e. The molecule has 0 saturated carbocycles. The van der Waals surface area contributed by atoms with Crippen LogP contribution in [0.1, 0.15) is 56.8 Å². The molecule has 1 atom stereocenters. The molecule has 2 heterocycles. The van der Waals surface area contributed by atoms with Gasteiger partial charge in [0.1, 0.15) is 10.5 Å². The molecule has 100 valence electrons. The summed E-state index contributed by atoms with van der Waals surface area (Å²) in [7, 11) is 0. The topological polar surface area (TPSA) is 28.7 Å². The second-order valence-corrected chi connectivity index (χ2v) is 8.21. The van der Waals surface area contributed by atoms with Crippen LogP contribution in [0.25, 0.3) is 0 Å². The third-order valence-corrected chi connectivity index (χ3v) is 5.83. The number of hydrogen-bond donors (Lipinski definition) is 1. The Labute approximate surface area is 126 Å². The van der Waals surface area contributed by atoms with Crippen LogP contribution in [-0.2, 0) is 5.41 Å². The standard InChI is InChI=1S/C13H19BrN2S2/c1-13(2,3)10-9(14)12(17)16-11(15-10)8-6-4-5-7-18-8/h8H,4-7H2,1-3H3,(H,15,16,17). The predicted octanol–water partition coefficient (Wildman–Crippen LogP) is 5.16. The van der Waals surface area contributed by atoms with Gasteiger partial charge >= 0.3 is 0 Å². The predicted molar refractivity (Wildman–Crippen MR) is 84.9 cm³/mol. The summed E-state index contributed by atoms with van der Waals surface area (Å²) in [5, 5.41) is 0.481. The molecule has 1 aliphatic rings. The number of halogens is 1. The average Bonchev–Trinajstić information content (AvgIpc) is 2.32. The van der Waals surface area contributed by atoms with Gasteiger partial charge in [-0.3, -0.25) is 0 Å². The van der Waals surface area contributed by atoms with Gasteiger partial charge in [0.15, 0.2) is 0 Å². The van der Waals surface area contributed by atoms with E-state index < -0.39 is 0 Å². The fourth-order valence-electron chi connectivity index (χ4n) is 2.10. The largest absolute Gasteiger partial charge is 0.345 e. The highest BCUT2D eigenvalue weighted by molar-refractivity contribution is 9.10. The van der Waals surface area contributed by atoms with Crippen molar-refractivity contribution in [3.05, 3.63) is 20.6 Å². The van der Waals surface area contributed by atoms with E-state index in [4.69, 9.17) is 12.2 Å². The smallest absolute Gasteiger partial charge is 0.144 e. The molecule has 2 rings (SSSR count). The third-order valence-electron chi connectivity index (χ3n) is 3.12. The van der Waals surface area contributed by atoms with Crippen molar-refractivity contribution in [1.29, 1.82) is 0 Å². The highest BCUT2D eigenvalue weighted by atomic mass is 79.9. The zero-order valence-corrected chi connectivity index (χ0v) is 14.3. The van der Waals surface area contributed by atoms with Crippen LogP contribution in [0.5, 0.6) is 0 Å². The van der Waals surface area contributed by atoms with Gasteiger partial charge in [-0.1, -0.05) is 39.4 Å². The highest BCUT2D eigenvalue weighted by Crippen LogP contribution is 2.38. The molecule has 1 aromatic rings. The number of rotatable bonds is 1. The molecule has 0 spiro atoms. The second-order valence-electron chi connectivity index (χ2n) is 5.72. The summed E-state index contributed by atoms with van der Waals surface area (Å²) in [6.07, 6.45) is 3.82. The summed E-state index contributed by atoms with van der Waals surface area (Å²) in [5.74, 6) is 2.28. The molecule has 0 aromatic carbocycles. The van der Waals surface area contributed by atoms with Crippen LogP contribution < -0.4 is 0 Å². The molecule has 0 radical (unpaired) electrons. The van der Waals surface area contributed by atoms with Gasteiger partial charge in [0.05, 0.1) is 9.72 Å². The first kappa shape index (κ1) is 14.5. The summed E-state index contributed by atoms with van der Waals surface area (Å²) in [6.45, 7) is 6.57. The normalized spacial score (nSPS) is 21.0. The molecule has 5 heteroatoms. The molecule has 0 amide bonds. The Hall–Kier alpha value is 0.130. The number of nitrogens with zero attached hydrogens (tertiary/aromatic N) is 1. The molecule has 1 aromatic heterocycles. The van der Waals surface area contributed by atoms with E-state index in [2.05, 4.69) is 46.7 Å². The number of thioether (sulfide) groups is 1. The van der Waals surface area contributed by atoms with Crippen molar-refractivity contribution in [3.63, 3.8) is 0 Å². The van der Waals surface area contributed by atoms with E-state index >= 15 is 0 Å². The first-order valence-electron chi connectivity index (χ1n) is 6.31. The van der Waals surface area contributed by atoms with Crippen LogP contribution in [0.3, 0.4) is 0 Å². The summed E-state index contributed by atoms with van der Waals surface area (Å²) in [6, 6.07) is 0. The van der Waals surface area contributed by atoms with Crippen LogP contribution in [0, 0.1) is 4.64 Å². The second kappa shape index (κ2) is 5.63. The van der Waals surface area contributed by atoms with E-state index in [-0.39, 0.29) is 5.41 Å². The molecule has 1 N–H and O–H groups in total. The molecule has 1 fully saturated rings. The quantitative estimate of drug-likeness (QED) is 0.712. The fraction of sp³-hybridized carbons (Fsp3) is 0.692. The maximum atomic E-state index is 5.38. The van der Waals surface area contributed by atoms with E-state index in [1.807, 2.05) is 11.8 Å². The van der Waals surface area contributed by atoms with Crippen LogP contribution in [0.15, 0.2) is 4.47 Å². The van der Waals surface area contributed by atoms with Crippen molar-refractivity contribution in [2.45, 2.75) is 50.7 Å². The summed E-state index contributed by atoms with van der Waals surface area (Å²) in [4.78, 5) is 8.08. The molecule has 2 nitrogen and oxygen atoms in total. The van der Waals surface area contributed by atoms with E-state index in [0.29, 0.717) is 9.89 Å². The maximum Gasteiger partial charge on any atom is 0.144 e. The van der Waals surface area contributed by atoms with Gasteiger partial charge in [-0.2, -0.15) is 11.8 Å². The Bertz CT molecular complexity index is 485. The molecule has 1 unspecified atom stereocenters. The maximum absolute atomic E-state index is 5.38. The van der Waals surface area contributed by atoms with E-state index in [1.54, 1.807) is 0 Å². The Kier molecular flexibility index (Phi) is 4.55. The number of aromatic nitrogens is 2. The fourth-order valence-corrected chi connectivity index (χ4v) is 4.34. The molecule has 0 aliphatic carbocycles. The van der Waals surface area contributed by atoms with Crippen molar-refractivity contribution in [3.8, 4) is 0 Å². The van der Waals surface area contributed by atoms with Crippen LogP contribution >= 0.6 is 39.9 Å². The lowest BCUT2D eigenvalue weighted by Gasteiger charge is -2.25. The highest BCUT2D eigenvalue weighted by Gasteiger charge is 2.24. The molecule has 1 aliphatic heterocycles. The lowest BCUT2D eigenvalue weighted by atomic mass is 9.92. The van der Waals surface area contributed by atoms with Gasteiger partial charge in [0, 0.05) is 11.1 Å². The Balaban J connectivity index is 2.44. The molecule has 0 bridgehead atoms. The van der Waals surface area contributed by atoms with Gasteiger partial charge in [-0.05, 0) is 34.5 Å². The van der Waals surface area contributed by atoms with E-state index in [0.717, 1.165) is 16.0 Å². The van der Waals surface area contributed by atoms with Gasteiger partial charge in [0.25, 0.3) is 0 Å². The SMILES string of the molecule is CC(C)(C)c1[nH]c(C2CCCCS2)nc(=S)c1Br. The van der Waals surface area contributed by atoms with E-state index in [9.17, 15) is 0 Å². The number of nitrogens with one attached hydrogen (secondary N) is 1. The van der Waals surface area contributed by atoms with Gasteiger partial charge in [-0.25, -0.2) is 4.98 Å². The van der Waals surface area contributed by atoms with Crippen LogP contribution in [0.2, 0.25) is 0 Å². The number of hydrogen-bond acceptors (Lipinski definition) is 3. The average molecular weight is 347 g/mol. The Morgan fingerprint density at radius 3 is 2.67 bits per heavy atom. The van der Waals surface area contributed by atoms with Crippen molar-refractivity contribution < 1.29 is 0 Å². The lowest BCUT2D eigenvalue weighted by Crippen LogP contribution is -2.18.